The van der Waals surface area contributed by atoms with E-state index in [0.717, 1.165) is 5.19 Å². The SMILES string of the molecule is C#Cc1cccc(C#C)c1[SiH2]CCC(F)(F)F. The molecule has 0 aromatic heterocycles. The first-order chi connectivity index (χ1) is 7.98. The summed E-state index contributed by atoms with van der Waals surface area (Å²) in [6.07, 6.45) is 5.76. The van der Waals surface area contributed by atoms with Gasteiger partial charge in [0.2, 0.25) is 0 Å². The van der Waals surface area contributed by atoms with Crippen LogP contribution in [-0.4, -0.2) is 15.7 Å². The van der Waals surface area contributed by atoms with Crippen molar-refractivity contribution < 1.29 is 13.2 Å². The van der Waals surface area contributed by atoms with Gasteiger partial charge in [-0.25, -0.2) is 0 Å². The standard InChI is InChI=1S/C13H11F3Si/c1-3-10-6-5-7-11(4-2)12(10)17-9-8-13(14,15)16/h1-2,5-7H,8-9,17H2. The van der Waals surface area contributed by atoms with Crippen LogP contribution in [0.4, 0.5) is 13.2 Å². The van der Waals surface area contributed by atoms with Crippen molar-refractivity contribution in [2.75, 3.05) is 0 Å². The van der Waals surface area contributed by atoms with Gasteiger partial charge in [-0.3, -0.25) is 0 Å². The molecule has 1 aromatic carbocycles. The molecule has 17 heavy (non-hydrogen) atoms. The predicted octanol–water partition coefficient (Wildman–Crippen LogP) is 1.81. The summed E-state index contributed by atoms with van der Waals surface area (Å²) in [6, 6.07) is 5.30. The molecule has 0 unspecified atom stereocenters. The number of rotatable bonds is 3. The minimum Gasteiger partial charge on any atom is -0.171 e. The molecule has 1 rings (SSSR count). The fourth-order valence-electron chi connectivity index (χ4n) is 1.59. The smallest absolute Gasteiger partial charge is 0.171 e. The summed E-state index contributed by atoms with van der Waals surface area (Å²) in [5.41, 5.74) is 1.27. The molecule has 0 radical (unpaired) electrons. The Bertz CT molecular complexity index is 443. The van der Waals surface area contributed by atoms with Crippen LogP contribution in [0.5, 0.6) is 0 Å². The molecule has 0 nitrogen and oxygen atoms in total. The largest absolute Gasteiger partial charge is 0.388 e. The van der Waals surface area contributed by atoms with Gasteiger partial charge >= 0.3 is 6.18 Å². The molecular weight excluding hydrogens is 241 g/mol. The average molecular weight is 252 g/mol. The maximum Gasteiger partial charge on any atom is 0.388 e. The molecule has 0 heterocycles. The van der Waals surface area contributed by atoms with Crippen LogP contribution >= 0.6 is 0 Å². The first-order valence-electron chi connectivity index (χ1n) is 5.10. The molecule has 0 fully saturated rings. The van der Waals surface area contributed by atoms with Crippen molar-refractivity contribution in [3.05, 3.63) is 29.3 Å². The minimum absolute atomic E-state index is 0.136. The molecule has 4 heteroatoms. The van der Waals surface area contributed by atoms with Crippen LogP contribution in [-0.2, 0) is 0 Å². The Morgan fingerprint density at radius 1 is 1.12 bits per heavy atom. The third-order valence-electron chi connectivity index (χ3n) is 2.37. The topological polar surface area (TPSA) is 0 Å². The summed E-state index contributed by atoms with van der Waals surface area (Å²) >= 11 is 0. The van der Waals surface area contributed by atoms with Gasteiger partial charge in [-0.05, 0) is 17.3 Å². The van der Waals surface area contributed by atoms with Crippen molar-refractivity contribution in [3.8, 4) is 24.7 Å². The highest BCUT2D eigenvalue weighted by molar-refractivity contribution is 6.55. The maximum absolute atomic E-state index is 12.1. The van der Waals surface area contributed by atoms with Crippen molar-refractivity contribution in [1.29, 1.82) is 0 Å². The minimum atomic E-state index is -4.10. The quantitative estimate of drug-likeness (QED) is 0.568. The van der Waals surface area contributed by atoms with Gasteiger partial charge in [-0.2, -0.15) is 13.2 Å². The van der Waals surface area contributed by atoms with Gasteiger partial charge in [-0.15, -0.1) is 12.8 Å². The molecule has 88 valence electrons. The van der Waals surface area contributed by atoms with Crippen molar-refractivity contribution in [2.45, 2.75) is 18.6 Å². The number of hydrogen-bond donors (Lipinski definition) is 0. The summed E-state index contributed by atoms with van der Waals surface area (Å²) in [5.74, 6) is 4.95. The van der Waals surface area contributed by atoms with E-state index in [1.807, 2.05) is 0 Å². The first-order valence-corrected chi connectivity index (χ1v) is 6.80. The molecule has 0 spiro atoms. The van der Waals surface area contributed by atoms with Crippen LogP contribution in [0.25, 0.3) is 0 Å². The summed E-state index contributed by atoms with van der Waals surface area (Å²) in [4.78, 5) is 0. The zero-order chi connectivity index (χ0) is 12.9. The fraction of sp³-hybridized carbons (Fsp3) is 0.231. The summed E-state index contributed by atoms with van der Waals surface area (Å²) in [5, 5.41) is 0.793. The summed E-state index contributed by atoms with van der Waals surface area (Å²) in [6.45, 7) is 0. The van der Waals surface area contributed by atoms with E-state index < -0.39 is 22.1 Å². The van der Waals surface area contributed by atoms with Gasteiger partial charge in [0.05, 0.1) is 9.52 Å². The van der Waals surface area contributed by atoms with E-state index in [9.17, 15) is 13.2 Å². The van der Waals surface area contributed by atoms with Crippen LogP contribution in [0.3, 0.4) is 0 Å². The number of alkyl halides is 3. The normalized spacial score (nSPS) is 11.4. The Morgan fingerprint density at radius 3 is 2.06 bits per heavy atom. The second-order valence-electron chi connectivity index (χ2n) is 3.59. The van der Waals surface area contributed by atoms with E-state index in [1.165, 1.54) is 0 Å². The monoisotopic (exact) mass is 252 g/mol. The van der Waals surface area contributed by atoms with Gasteiger partial charge in [-0.1, -0.05) is 24.0 Å². The average Bonchev–Trinajstić information content (AvgIpc) is 2.27. The molecule has 0 aliphatic heterocycles. The van der Waals surface area contributed by atoms with Crippen molar-refractivity contribution in [3.63, 3.8) is 0 Å². The molecular formula is C13H11F3Si. The lowest BCUT2D eigenvalue weighted by atomic mass is 10.1. The lowest BCUT2D eigenvalue weighted by molar-refractivity contribution is -0.130. The van der Waals surface area contributed by atoms with Crippen LogP contribution in [0, 0.1) is 24.7 Å². The van der Waals surface area contributed by atoms with Crippen molar-refractivity contribution in [1.82, 2.24) is 0 Å². The van der Waals surface area contributed by atoms with Crippen LogP contribution < -0.4 is 5.19 Å². The number of terminal acetylenes is 2. The second-order valence-corrected chi connectivity index (χ2v) is 5.50. The number of halogens is 3. The molecule has 0 aliphatic carbocycles. The van der Waals surface area contributed by atoms with Gasteiger partial charge in [0, 0.05) is 17.5 Å². The second kappa shape index (κ2) is 5.61. The molecule has 0 amide bonds. The van der Waals surface area contributed by atoms with Crippen LogP contribution in [0.2, 0.25) is 6.04 Å². The molecule has 0 N–H and O–H groups in total. The molecule has 0 bridgehead atoms. The van der Waals surface area contributed by atoms with Crippen molar-refractivity contribution in [2.24, 2.45) is 0 Å². The highest BCUT2D eigenvalue weighted by Crippen LogP contribution is 2.21. The maximum atomic E-state index is 12.1. The third kappa shape index (κ3) is 4.01. The van der Waals surface area contributed by atoms with E-state index in [-0.39, 0.29) is 6.04 Å². The highest BCUT2D eigenvalue weighted by atomic mass is 28.2. The van der Waals surface area contributed by atoms with E-state index >= 15 is 0 Å². The molecule has 1 aromatic rings. The highest BCUT2D eigenvalue weighted by Gasteiger charge is 2.26. The van der Waals surface area contributed by atoms with Gasteiger partial charge in [0.25, 0.3) is 0 Å². The lowest BCUT2D eigenvalue weighted by Crippen LogP contribution is -2.23. The Kier molecular flexibility index (Phi) is 4.42. The van der Waals surface area contributed by atoms with E-state index in [2.05, 4.69) is 11.8 Å². The third-order valence-corrected chi connectivity index (χ3v) is 4.34. The zero-order valence-electron chi connectivity index (χ0n) is 9.14. The van der Waals surface area contributed by atoms with Crippen LogP contribution in [0.15, 0.2) is 18.2 Å². The predicted molar refractivity (Wildman–Crippen MR) is 66.0 cm³/mol. The van der Waals surface area contributed by atoms with Gasteiger partial charge in [0.15, 0.2) is 0 Å². The Hall–Kier alpha value is -1.65. The zero-order valence-corrected chi connectivity index (χ0v) is 10.6. The Morgan fingerprint density at radius 2 is 1.65 bits per heavy atom. The fourth-order valence-corrected chi connectivity index (χ4v) is 3.50. The molecule has 0 saturated heterocycles. The number of hydrogen-bond acceptors (Lipinski definition) is 0. The summed E-state index contributed by atoms with van der Waals surface area (Å²) in [7, 11) is -1.08. The number of benzene rings is 1. The Balaban J connectivity index is 2.84. The van der Waals surface area contributed by atoms with Gasteiger partial charge in [0.1, 0.15) is 0 Å². The lowest BCUT2D eigenvalue weighted by Gasteiger charge is -2.09. The van der Waals surface area contributed by atoms with Crippen LogP contribution in [0.1, 0.15) is 17.5 Å². The Labute approximate surface area is 101 Å². The molecule has 0 aliphatic rings. The molecule has 0 saturated carbocycles. The van der Waals surface area contributed by atoms with Crippen molar-refractivity contribution >= 4 is 14.7 Å². The molecule has 0 atom stereocenters. The van der Waals surface area contributed by atoms with E-state index in [0.29, 0.717) is 11.1 Å². The van der Waals surface area contributed by atoms with E-state index in [1.54, 1.807) is 18.2 Å². The first kappa shape index (κ1) is 13.4. The van der Waals surface area contributed by atoms with E-state index in [4.69, 9.17) is 12.8 Å². The van der Waals surface area contributed by atoms with Gasteiger partial charge < -0.3 is 0 Å². The summed E-state index contributed by atoms with van der Waals surface area (Å²) < 4.78 is 36.2.